The highest BCUT2D eigenvalue weighted by Gasteiger charge is 2.47. The van der Waals surface area contributed by atoms with Gasteiger partial charge in [0.1, 0.15) is 12.1 Å². The maximum atomic E-state index is 12.1. The Hall–Kier alpha value is -1.59. The second-order valence-corrected chi connectivity index (χ2v) is 5.28. The molecule has 0 aromatic heterocycles. The van der Waals surface area contributed by atoms with E-state index in [1.807, 2.05) is 0 Å². The summed E-state index contributed by atoms with van der Waals surface area (Å²) in [6.45, 7) is 3.49. The molecule has 0 bridgehead atoms. The van der Waals surface area contributed by atoms with Crippen molar-refractivity contribution >= 4 is 17.8 Å². The Bertz CT molecular complexity index is 370. The molecule has 3 N–H and O–H groups in total. The fourth-order valence-electron chi connectivity index (χ4n) is 2.30. The van der Waals surface area contributed by atoms with Crippen LogP contribution in [0, 0.1) is 0 Å². The number of carbonyl (C=O) groups is 3. The van der Waals surface area contributed by atoms with E-state index in [2.05, 4.69) is 12.2 Å². The van der Waals surface area contributed by atoms with Gasteiger partial charge in [-0.3, -0.25) is 14.5 Å². The van der Waals surface area contributed by atoms with Crippen molar-refractivity contribution in [1.82, 2.24) is 10.2 Å². The van der Waals surface area contributed by atoms with Crippen molar-refractivity contribution in [3.8, 4) is 0 Å². The van der Waals surface area contributed by atoms with Crippen LogP contribution in [-0.4, -0.2) is 34.8 Å². The quantitative estimate of drug-likeness (QED) is 0.511. The van der Waals surface area contributed by atoms with E-state index in [1.165, 1.54) is 12.8 Å². The SMILES string of the molecule is CCCCCCCC1(C)NC(=O)N(CC(N)=O)C1=O. The summed E-state index contributed by atoms with van der Waals surface area (Å²) in [7, 11) is 0. The van der Waals surface area contributed by atoms with E-state index in [1.54, 1.807) is 6.92 Å². The summed E-state index contributed by atoms with van der Waals surface area (Å²) in [6.07, 6.45) is 6.01. The molecule has 1 aliphatic rings. The Morgan fingerprint density at radius 3 is 2.47 bits per heavy atom. The molecule has 1 atom stereocenters. The van der Waals surface area contributed by atoms with E-state index in [0.29, 0.717) is 6.42 Å². The zero-order chi connectivity index (χ0) is 14.5. The van der Waals surface area contributed by atoms with Crippen molar-refractivity contribution in [1.29, 1.82) is 0 Å². The molecule has 0 radical (unpaired) electrons. The minimum atomic E-state index is -0.890. The molecule has 1 fully saturated rings. The highest BCUT2D eigenvalue weighted by Crippen LogP contribution is 2.23. The van der Waals surface area contributed by atoms with Gasteiger partial charge in [-0.2, -0.15) is 0 Å². The first kappa shape index (κ1) is 15.5. The number of hydrogen-bond donors (Lipinski definition) is 2. The van der Waals surface area contributed by atoms with E-state index >= 15 is 0 Å². The summed E-state index contributed by atoms with van der Waals surface area (Å²) in [4.78, 5) is 35.5. The van der Waals surface area contributed by atoms with Crippen LogP contribution in [0.5, 0.6) is 0 Å². The first-order valence-corrected chi connectivity index (χ1v) is 6.83. The molecule has 1 heterocycles. The third-order valence-electron chi connectivity index (χ3n) is 3.44. The number of unbranched alkanes of at least 4 members (excludes halogenated alkanes) is 4. The topological polar surface area (TPSA) is 92.5 Å². The minimum Gasteiger partial charge on any atom is -0.368 e. The largest absolute Gasteiger partial charge is 0.368 e. The van der Waals surface area contributed by atoms with E-state index in [9.17, 15) is 14.4 Å². The van der Waals surface area contributed by atoms with Crippen LogP contribution in [0.3, 0.4) is 0 Å². The van der Waals surface area contributed by atoms with E-state index in [0.717, 1.165) is 24.2 Å². The van der Waals surface area contributed by atoms with Crippen molar-refractivity contribution in [2.24, 2.45) is 5.73 Å². The summed E-state index contributed by atoms with van der Waals surface area (Å²) in [5.74, 6) is -1.04. The third kappa shape index (κ3) is 3.94. The van der Waals surface area contributed by atoms with Gasteiger partial charge >= 0.3 is 6.03 Å². The van der Waals surface area contributed by atoms with Crippen LogP contribution >= 0.6 is 0 Å². The molecule has 1 rings (SSSR count). The lowest BCUT2D eigenvalue weighted by Gasteiger charge is -2.21. The van der Waals surface area contributed by atoms with Crippen LogP contribution in [0.2, 0.25) is 0 Å². The van der Waals surface area contributed by atoms with Crippen LogP contribution in [0.25, 0.3) is 0 Å². The smallest absolute Gasteiger partial charge is 0.325 e. The Labute approximate surface area is 113 Å². The predicted octanol–water partition coefficient (Wildman–Crippen LogP) is 1.14. The third-order valence-corrected chi connectivity index (χ3v) is 3.44. The van der Waals surface area contributed by atoms with Crippen molar-refractivity contribution in [2.75, 3.05) is 6.54 Å². The fourth-order valence-corrected chi connectivity index (χ4v) is 2.30. The molecule has 1 saturated heterocycles. The molecular formula is C13H23N3O3. The van der Waals surface area contributed by atoms with Gasteiger partial charge in [0.2, 0.25) is 5.91 Å². The molecule has 0 aromatic rings. The van der Waals surface area contributed by atoms with Crippen molar-refractivity contribution in [2.45, 2.75) is 57.9 Å². The first-order chi connectivity index (χ1) is 8.90. The molecule has 1 aliphatic heterocycles. The zero-order valence-electron chi connectivity index (χ0n) is 11.7. The van der Waals surface area contributed by atoms with Gasteiger partial charge in [-0.25, -0.2) is 4.79 Å². The number of nitrogens with two attached hydrogens (primary N) is 1. The lowest BCUT2D eigenvalue weighted by molar-refractivity contribution is -0.134. The highest BCUT2D eigenvalue weighted by atomic mass is 16.2. The van der Waals surface area contributed by atoms with E-state index in [4.69, 9.17) is 5.73 Å². The predicted molar refractivity (Wildman–Crippen MR) is 71.2 cm³/mol. The second-order valence-electron chi connectivity index (χ2n) is 5.28. The number of urea groups is 1. The maximum Gasteiger partial charge on any atom is 0.325 e. The number of hydrogen-bond acceptors (Lipinski definition) is 3. The van der Waals surface area contributed by atoms with Gasteiger partial charge in [-0.15, -0.1) is 0 Å². The Balaban J connectivity index is 2.51. The summed E-state index contributed by atoms with van der Waals surface area (Å²) in [5.41, 5.74) is 4.14. The molecule has 4 amide bonds. The molecule has 0 saturated carbocycles. The number of amides is 4. The molecule has 6 nitrogen and oxygen atoms in total. The molecular weight excluding hydrogens is 246 g/mol. The normalized spacial score (nSPS) is 22.7. The minimum absolute atomic E-state index is 0.351. The highest BCUT2D eigenvalue weighted by molar-refractivity contribution is 6.08. The van der Waals surface area contributed by atoms with Gasteiger partial charge in [0.25, 0.3) is 5.91 Å². The number of imide groups is 1. The average Bonchev–Trinajstić information content (AvgIpc) is 2.53. The molecule has 108 valence electrons. The zero-order valence-corrected chi connectivity index (χ0v) is 11.7. The molecule has 6 heteroatoms. The van der Waals surface area contributed by atoms with Crippen molar-refractivity contribution in [3.63, 3.8) is 0 Å². The average molecular weight is 269 g/mol. The van der Waals surface area contributed by atoms with E-state index < -0.39 is 17.5 Å². The van der Waals surface area contributed by atoms with Gasteiger partial charge < -0.3 is 11.1 Å². The maximum absolute atomic E-state index is 12.1. The van der Waals surface area contributed by atoms with E-state index in [-0.39, 0.29) is 12.5 Å². The lowest BCUT2D eigenvalue weighted by atomic mass is 9.94. The van der Waals surface area contributed by atoms with Crippen LogP contribution in [0.1, 0.15) is 52.4 Å². The second kappa shape index (κ2) is 6.54. The van der Waals surface area contributed by atoms with Crippen LogP contribution < -0.4 is 11.1 Å². The fraction of sp³-hybridized carbons (Fsp3) is 0.769. The van der Waals surface area contributed by atoms with Gasteiger partial charge in [0, 0.05) is 0 Å². The first-order valence-electron chi connectivity index (χ1n) is 6.83. The van der Waals surface area contributed by atoms with Crippen molar-refractivity contribution in [3.05, 3.63) is 0 Å². The van der Waals surface area contributed by atoms with Crippen LogP contribution in [0.4, 0.5) is 4.79 Å². The summed E-state index contributed by atoms with van der Waals surface area (Å²) in [5, 5.41) is 2.66. The summed E-state index contributed by atoms with van der Waals surface area (Å²) < 4.78 is 0. The standard InChI is InChI=1S/C13H23N3O3/c1-3-4-5-6-7-8-13(2)11(18)16(9-10(14)17)12(19)15-13/h3-9H2,1-2H3,(H2,14,17)(H,15,19). The number of nitrogens with zero attached hydrogens (tertiary/aromatic N) is 1. The number of primary amides is 1. The van der Waals surface area contributed by atoms with Crippen molar-refractivity contribution < 1.29 is 14.4 Å². The molecule has 0 spiro atoms. The Morgan fingerprint density at radius 2 is 1.89 bits per heavy atom. The van der Waals surface area contributed by atoms with Crippen LogP contribution in [0.15, 0.2) is 0 Å². The molecule has 1 unspecified atom stereocenters. The number of nitrogens with one attached hydrogen (secondary N) is 1. The number of carbonyl (C=O) groups excluding carboxylic acids is 3. The monoisotopic (exact) mass is 269 g/mol. The van der Waals surface area contributed by atoms with Gasteiger partial charge in [-0.05, 0) is 13.3 Å². The lowest BCUT2D eigenvalue weighted by Crippen LogP contribution is -2.44. The van der Waals surface area contributed by atoms with Gasteiger partial charge in [0.05, 0.1) is 0 Å². The molecule has 0 aromatic carbocycles. The molecule has 19 heavy (non-hydrogen) atoms. The molecule has 0 aliphatic carbocycles. The van der Waals surface area contributed by atoms with Gasteiger partial charge in [-0.1, -0.05) is 39.0 Å². The Kier molecular flexibility index (Phi) is 5.32. The number of rotatable bonds is 8. The summed E-state index contributed by atoms with van der Waals surface area (Å²) in [6, 6.07) is -0.528. The van der Waals surface area contributed by atoms with Crippen LogP contribution in [-0.2, 0) is 9.59 Å². The summed E-state index contributed by atoms with van der Waals surface area (Å²) >= 11 is 0. The van der Waals surface area contributed by atoms with Gasteiger partial charge in [0.15, 0.2) is 0 Å². The Morgan fingerprint density at radius 1 is 1.26 bits per heavy atom.